The number of carbonyl (C=O) groups is 2. The number of hydrogen-bond donors (Lipinski definition) is 2. The number of carboxylic acid groups (broad SMARTS) is 1. The maximum absolute atomic E-state index is 12.3. The van der Waals surface area contributed by atoms with Gasteiger partial charge >= 0.3 is 12.0 Å². The molecule has 1 saturated carbocycles. The summed E-state index contributed by atoms with van der Waals surface area (Å²) < 4.78 is 0.231. The lowest BCUT2D eigenvalue weighted by Gasteiger charge is -2.24. The zero-order chi connectivity index (χ0) is 15.5. The topological polar surface area (TPSA) is 69.6 Å². The van der Waals surface area contributed by atoms with E-state index in [1.165, 1.54) is 0 Å². The summed E-state index contributed by atoms with van der Waals surface area (Å²) in [5.41, 5.74) is 0. The van der Waals surface area contributed by atoms with E-state index in [1.807, 2.05) is 16.7 Å². The number of hydrogen-bond acceptors (Lipinski definition) is 3. The summed E-state index contributed by atoms with van der Waals surface area (Å²) in [7, 11) is 0. The van der Waals surface area contributed by atoms with Crippen molar-refractivity contribution in [2.45, 2.75) is 44.3 Å². The minimum absolute atomic E-state index is 0.0376. The van der Waals surface area contributed by atoms with Crippen LogP contribution >= 0.6 is 11.8 Å². The van der Waals surface area contributed by atoms with Gasteiger partial charge in [-0.15, -0.1) is 0 Å². The molecule has 2 amide bonds. The quantitative estimate of drug-likeness (QED) is 0.839. The Morgan fingerprint density at radius 1 is 1.33 bits per heavy atom. The van der Waals surface area contributed by atoms with E-state index in [0.717, 1.165) is 44.5 Å². The average molecular weight is 314 g/mol. The summed E-state index contributed by atoms with van der Waals surface area (Å²) in [6, 6.07) is -0.0376. The highest BCUT2D eigenvalue weighted by atomic mass is 32.2. The predicted octanol–water partition coefficient (Wildman–Crippen LogP) is 2.41. The van der Waals surface area contributed by atoms with E-state index < -0.39 is 5.97 Å². The Kier molecular flexibility index (Phi) is 5.41. The van der Waals surface area contributed by atoms with Gasteiger partial charge in [0.25, 0.3) is 0 Å². The van der Waals surface area contributed by atoms with Crippen LogP contribution in [0.2, 0.25) is 0 Å². The Morgan fingerprint density at radius 3 is 2.81 bits per heavy atom. The maximum Gasteiger partial charge on any atom is 0.317 e. The summed E-state index contributed by atoms with van der Waals surface area (Å²) in [5, 5.41) is 12.1. The Labute approximate surface area is 130 Å². The highest BCUT2D eigenvalue weighted by Gasteiger charge is 2.33. The lowest BCUT2D eigenvalue weighted by Crippen LogP contribution is -2.44. The molecule has 5 nitrogen and oxygen atoms in total. The fraction of sp³-hybridized carbons (Fsp3) is 0.867. The molecule has 120 valence electrons. The van der Waals surface area contributed by atoms with Crippen LogP contribution in [0.5, 0.6) is 0 Å². The largest absolute Gasteiger partial charge is 0.481 e. The number of urea groups is 1. The molecule has 21 heavy (non-hydrogen) atoms. The molecule has 1 heterocycles. The zero-order valence-corrected chi connectivity index (χ0v) is 13.7. The lowest BCUT2D eigenvalue weighted by molar-refractivity contribution is -0.142. The second-order valence-electron chi connectivity index (χ2n) is 6.67. The van der Waals surface area contributed by atoms with Crippen LogP contribution in [0, 0.1) is 11.8 Å². The molecule has 2 atom stereocenters. The van der Waals surface area contributed by atoms with Gasteiger partial charge in [-0.2, -0.15) is 11.8 Å². The molecular formula is C15H26N2O3S. The van der Waals surface area contributed by atoms with Crippen molar-refractivity contribution >= 4 is 23.8 Å². The minimum Gasteiger partial charge on any atom is -0.481 e. The molecule has 0 spiro atoms. The van der Waals surface area contributed by atoms with E-state index in [1.54, 1.807) is 0 Å². The van der Waals surface area contributed by atoms with Crippen molar-refractivity contribution in [1.82, 2.24) is 10.2 Å². The molecule has 0 aromatic rings. The van der Waals surface area contributed by atoms with Crippen molar-refractivity contribution in [2.75, 3.05) is 25.4 Å². The summed E-state index contributed by atoms with van der Waals surface area (Å²) in [5.74, 6) is 0.0366. The second kappa shape index (κ2) is 6.90. The molecule has 1 aliphatic heterocycles. The first-order valence-corrected chi connectivity index (χ1v) is 8.77. The molecule has 1 saturated heterocycles. The molecule has 2 aliphatic rings. The number of nitrogens with one attached hydrogen (secondary N) is 1. The third-order valence-electron chi connectivity index (χ3n) is 4.62. The van der Waals surface area contributed by atoms with E-state index in [9.17, 15) is 9.59 Å². The average Bonchev–Trinajstić information content (AvgIpc) is 2.80. The highest BCUT2D eigenvalue weighted by molar-refractivity contribution is 8.00. The molecule has 2 unspecified atom stereocenters. The molecule has 2 N–H and O–H groups in total. The molecule has 0 bridgehead atoms. The Balaban J connectivity index is 1.80. The van der Waals surface area contributed by atoms with E-state index in [-0.39, 0.29) is 22.6 Å². The van der Waals surface area contributed by atoms with Crippen molar-refractivity contribution in [3.8, 4) is 0 Å². The third-order valence-corrected chi connectivity index (χ3v) is 5.99. The van der Waals surface area contributed by atoms with Crippen LogP contribution in [0.4, 0.5) is 4.79 Å². The molecule has 0 aromatic heterocycles. The molecule has 0 radical (unpaired) electrons. The summed E-state index contributed by atoms with van der Waals surface area (Å²) in [6.45, 7) is 6.47. The van der Waals surface area contributed by atoms with Gasteiger partial charge in [-0.1, -0.05) is 20.3 Å². The van der Waals surface area contributed by atoms with Gasteiger partial charge in [0, 0.05) is 30.1 Å². The minimum atomic E-state index is -0.723. The Bertz CT molecular complexity index is 400. The number of carboxylic acids is 1. The van der Waals surface area contributed by atoms with E-state index in [2.05, 4.69) is 19.2 Å². The number of thioether (sulfide) groups is 1. The molecule has 0 aromatic carbocycles. The van der Waals surface area contributed by atoms with Gasteiger partial charge in [0.15, 0.2) is 0 Å². The SMILES string of the molecule is CC1(C)CCN(C(=O)NCC2CCCC2C(=O)O)CCS1. The third kappa shape index (κ3) is 4.53. The molecule has 2 rings (SSSR count). The van der Waals surface area contributed by atoms with Crippen molar-refractivity contribution in [3.05, 3.63) is 0 Å². The van der Waals surface area contributed by atoms with Crippen LogP contribution in [-0.2, 0) is 4.79 Å². The Hall–Kier alpha value is -0.910. The smallest absolute Gasteiger partial charge is 0.317 e. The first-order valence-electron chi connectivity index (χ1n) is 7.78. The van der Waals surface area contributed by atoms with Crippen molar-refractivity contribution in [2.24, 2.45) is 11.8 Å². The first kappa shape index (κ1) is 16.5. The molecule has 1 aliphatic carbocycles. The van der Waals surface area contributed by atoms with Gasteiger partial charge in [-0.25, -0.2) is 4.79 Å². The van der Waals surface area contributed by atoms with Gasteiger partial charge in [0.2, 0.25) is 0 Å². The van der Waals surface area contributed by atoms with Gasteiger partial charge in [0.05, 0.1) is 5.92 Å². The van der Waals surface area contributed by atoms with Crippen LogP contribution in [0.15, 0.2) is 0 Å². The van der Waals surface area contributed by atoms with Gasteiger partial charge in [0.1, 0.15) is 0 Å². The Morgan fingerprint density at radius 2 is 2.10 bits per heavy atom. The number of amides is 2. The summed E-state index contributed by atoms with van der Waals surface area (Å²) in [4.78, 5) is 25.3. The number of aliphatic carboxylic acids is 1. The molecule has 2 fully saturated rings. The van der Waals surface area contributed by atoms with Crippen LogP contribution in [0.3, 0.4) is 0 Å². The van der Waals surface area contributed by atoms with Gasteiger partial charge in [-0.05, 0) is 25.2 Å². The van der Waals surface area contributed by atoms with E-state index in [0.29, 0.717) is 6.54 Å². The van der Waals surface area contributed by atoms with E-state index >= 15 is 0 Å². The molecule has 6 heteroatoms. The fourth-order valence-corrected chi connectivity index (χ4v) is 4.26. The number of rotatable bonds is 3. The summed E-state index contributed by atoms with van der Waals surface area (Å²) >= 11 is 1.91. The lowest BCUT2D eigenvalue weighted by atomic mass is 9.96. The van der Waals surface area contributed by atoms with Crippen molar-refractivity contribution < 1.29 is 14.7 Å². The van der Waals surface area contributed by atoms with E-state index in [4.69, 9.17) is 5.11 Å². The number of carbonyl (C=O) groups excluding carboxylic acids is 1. The van der Waals surface area contributed by atoms with Crippen LogP contribution in [0.25, 0.3) is 0 Å². The van der Waals surface area contributed by atoms with Crippen LogP contribution in [0.1, 0.15) is 39.5 Å². The van der Waals surface area contributed by atoms with Gasteiger partial charge < -0.3 is 15.3 Å². The molecular weight excluding hydrogens is 288 g/mol. The number of nitrogens with zero attached hydrogens (tertiary/aromatic N) is 1. The second-order valence-corrected chi connectivity index (χ2v) is 8.47. The summed E-state index contributed by atoms with van der Waals surface area (Å²) in [6.07, 6.45) is 3.59. The van der Waals surface area contributed by atoms with Crippen LogP contribution < -0.4 is 5.32 Å². The normalized spacial score (nSPS) is 29.0. The zero-order valence-electron chi connectivity index (χ0n) is 12.9. The standard InChI is InChI=1S/C15H26N2O3S/c1-15(2)6-7-17(8-9-21-15)14(20)16-10-11-4-3-5-12(11)13(18)19/h11-12H,3-10H2,1-2H3,(H,16,20)(H,18,19). The predicted molar refractivity (Wildman–Crippen MR) is 84.6 cm³/mol. The van der Waals surface area contributed by atoms with Crippen LogP contribution in [-0.4, -0.2) is 52.1 Å². The monoisotopic (exact) mass is 314 g/mol. The highest BCUT2D eigenvalue weighted by Crippen LogP contribution is 2.32. The fourth-order valence-electron chi connectivity index (χ4n) is 3.16. The van der Waals surface area contributed by atoms with Crippen molar-refractivity contribution in [3.63, 3.8) is 0 Å². The van der Waals surface area contributed by atoms with Gasteiger partial charge in [-0.3, -0.25) is 4.79 Å². The van der Waals surface area contributed by atoms with Crippen molar-refractivity contribution in [1.29, 1.82) is 0 Å². The maximum atomic E-state index is 12.3. The first-order chi connectivity index (χ1) is 9.89.